The smallest absolute Gasteiger partial charge is 0.231 e. The molecule has 92 valence electrons. The highest BCUT2D eigenvalue weighted by molar-refractivity contribution is 5.38. The van der Waals surface area contributed by atoms with Crippen LogP contribution < -0.4 is 4.74 Å². The molecule has 1 aromatic rings. The third kappa shape index (κ3) is 4.04. The Morgan fingerprint density at radius 1 is 1.41 bits per heavy atom. The minimum absolute atomic E-state index is 0.226. The van der Waals surface area contributed by atoms with E-state index in [0.29, 0.717) is 18.1 Å². The molecular formula is C13H18N2O2. The van der Waals surface area contributed by atoms with Crippen LogP contribution in [0.15, 0.2) is 12.1 Å². The monoisotopic (exact) mass is 234 g/mol. The van der Waals surface area contributed by atoms with Crippen LogP contribution >= 0.6 is 0 Å². The van der Waals surface area contributed by atoms with Crippen LogP contribution in [0.1, 0.15) is 31.5 Å². The molecule has 0 saturated carbocycles. The van der Waals surface area contributed by atoms with Gasteiger partial charge in [0, 0.05) is 19.2 Å². The number of nitrogens with zero attached hydrogens (tertiary/aromatic N) is 2. The molecule has 0 saturated heterocycles. The lowest BCUT2D eigenvalue weighted by Crippen LogP contribution is -2.25. The second kappa shape index (κ2) is 5.65. The molecule has 0 aliphatic carbocycles. The summed E-state index contributed by atoms with van der Waals surface area (Å²) in [7, 11) is 1.67. The van der Waals surface area contributed by atoms with Crippen molar-refractivity contribution < 1.29 is 9.47 Å². The van der Waals surface area contributed by atoms with Crippen molar-refractivity contribution >= 4 is 0 Å². The summed E-state index contributed by atoms with van der Waals surface area (Å²) in [6.45, 7) is 6.33. The zero-order chi connectivity index (χ0) is 12.9. The molecule has 0 radical (unpaired) electrons. The average molecular weight is 234 g/mol. The van der Waals surface area contributed by atoms with Gasteiger partial charge < -0.3 is 9.47 Å². The first kappa shape index (κ1) is 13.5. The third-order valence-electron chi connectivity index (χ3n) is 2.62. The summed E-state index contributed by atoms with van der Waals surface area (Å²) >= 11 is 0. The summed E-state index contributed by atoms with van der Waals surface area (Å²) in [4.78, 5) is 4.20. The minimum Gasteiger partial charge on any atom is -0.477 e. The fourth-order valence-corrected chi connectivity index (χ4v) is 1.22. The molecule has 17 heavy (non-hydrogen) atoms. The summed E-state index contributed by atoms with van der Waals surface area (Å²) < 4.78 is 10.8. The molecule has 0 unspecified atom stereocenters. The van der Waals surface area contributed by atoms with Gasteiger partial charge in [-0.1, -0.05) is 0 Å². The van der Waals surface area contributed by atoms with E-state index in [1.54, 1.807) is 19.2 Å². The van der Waals surface area contributed by atoms with Crippen LogP contribution in [0, 0.1) is 18.3 Å². The summed E-state index contributed by atoms with van der Waals surface area (Å²) in [6, 6.07) is 5.58. The molecule has 0 aliphatic heterocycles. The number of aromatic nitrogens is 1. The zero-order valence-electron chi connectivity index (χ0n) is 10.8. The maximum atomic E-state index is 8.92. The fraction of sp³-hybridized carbons (Fsp3) is 0.538. The quantitative estimate of drug-likeness (QED) is 0.785. The van der Waals surface area contributed by atoms with Gasteiger partial charge in [0.2, 0.25) is 5.88 Å². The summed E-state index contributed by atoms with van der Waals surface area (Å²) in [5.41, 5.74) is 1.08. The van der Waals surface area contributed by atoms with Crippen LogP contribution in [0.5, 0.6) is 5.88 Å². The number of nitriles is 1. The molecule has 1 heterocycles. The van der Waals surface area contributed by atoms with E-state index in [4.69, 9.17) is 14.7 Å². The molecule has 1 rings (SSSR count). The van der Waals surface area contributed by atoms with Crippen molar-refractivity contribution in [1.82, 2.24) is 4.98 Å². The summed E-state index contributed by atoms with van der Waals surface area (Å²) in [5, 5.41) is 8.92. The standard InChI is InChI=1S/C13H18N2O2/c1-10-5-6-11(9-14)12(15-10)17-8-7-13(2,3)16-4/h5-6H,7-8H2,1-4H3. The first-order valence-corrected chi connectivity index (χ1v) is 5.54. The molecule has 0 aliphatic rings. The molecular weight excluding hydrogens is 216 g/mol. The van der Waals surface area contributed by atoms with E-state index in [9.17, 15) is 0 Å². The molecule has 1 aromatic heterocycles. The lowest BCUT2D eigenvalue weighted by molar-refractivity contribution is 0.00505. The number of hydrogen-bond acceptors (Lipinski definition) is 4. The van der Waals surface area contributed by atoms with E-state index in [1.807, 2.05) is 20.8 Å². The maximum Gasteiger partial charge on any atom is 0.231 e. The lowest BCUT2D eigenvalue weighted by atomic mass is 10.1. The Bertz CT molecular complexity index is 422. The zero-order valence-corrected chi connectivity index (χ0v) is 10.8. The van der Waals surface area contributed by atoms with Crippen molar-refractivity contribution in [2.24, 2.45) is 0 Å². The normalized spacial score (nSPS) is 11.0. The fourth-order valence-electron chi connectivity index (χ4n) is 1.22. The second-order valence-electron chi connectivity index (χ2n) is 4.48. The molecule has 0 aromatic carbocycles. The topological polar surface area (TPSA) is 55.1 Å². The van der Waals surface area contributed by atoms with Gasteiger partial charge in [0.1, 0.15) is 11.6 Å². The van der Waals surface area contributed by atoms with Crippen molar-refractivity contribution in [2.75, 3.05) is 13.7 Å². The van der Waals surface area contributed by atoms with Crippen molar-refractivity contribution in [3.05, 3.63) is 23.4 Å². The van der Waals surface area contributed by atoms with Crippen LogP contribution in [-0.2, 0) is 4.74 Å². The van der Waals surface area contributed by atoms with Crippen LogP contribution in [0.2, 0.25) is 0 Å². The van der Waals surface area contributed by atoms with Gasteiger partial charge in [-0.2, -0.15) is 5.26 Å². The maximum absolute atomic E-state index is 8.92. The van der Waals surface area contributed by atoms with Gasteiger partial charge in [-0.25, -0.2) is 4.98 Å². The van der Waals surface area contributed by atoms with Gasteiger partial charge in [-0.3, -0.25) is 0 Å². The van der Waals surface area contributed by atoms with Crippen molar-refractivity contribution in [3.63, 3.8) is 0 Å². The number of methoxy groups -OCH3 is 1. The van der Waals surface area contributed by atoms with Gasteiger partial charge in [-0.15, -0.1) is 0 Å². The first-order chi connectivity index (χ1) is 7.98. The number of ether oxygens (including phenoxy) is 2. The molecule has 0 fully saturated rings. The van der Waals surface area contributed by atoms with Crippen molar-refractivity contribution in [3.8, 4) is 11.9 Å². The van der Waals surface area contributed by atoms with Gasteiger partial charge in [0.05, 0.1) is 12.2 Å². The van der Waals surface area contributed by atoms with Crippen molar-refractivity contribution in [2.45, 2.75) is 32.8 Å². The van der Waals surface area contributed by atoms with Crippen LogP contribution in [-0.4, -0.2) is 24.3 Å². The predicted octanol–water partition coefficient (Wildman–Crippen LogP) is 2.46. The Morgan fingerprint density at radius 3 is 2.71 bits per heavy atom. The van der Waals surface area contributed by atoms with Gasteiger partial charge in [-0.05, 0) is 32.9 Å². The van der Waals surface area contributed by atoms with E-state index in [1.165, 1.54) is 0 Å². The van der Waals surface area contributed by atoms with Crippen LogP contribution in [0.25, 0.3) is 0 Å². The van der Waals surface area contributed by atoms with E-state index >= 15 is 0 Å². The Labute approximate surface area is 102 Å². The highest BCUT2D eigenvalue weighted by Gasteiger charge is 2.16. The molecule has 4 heteroatoms. The van der Waals surface area contributed by atoms with Crippen LogP contribution in [0.4, 0.5) is 0 Å². The number of aryl methyl sites for hydroxylation is 1. The van der Waals surface area contributed by atoms with Gasteiger partial charge in [0.25, 0.3) is 0 Å². The van der Waals surface area contributed by atoms with Gasteiger partial charge in [0.15, 0.2) is 0 Å². The molecule has 0 amide bonds. The van der Waals surface area contributed by atoms with Crippen LogP contribution in [0.3, 0.4) is 0 Å². The number of hydrogen-bond donors (Lipinski definition) is 0. The van der Waals surface area contributed by atoms with Crippen molar-refractivity contribution in [1.29, 1.82) is 5.26 Å². The van der Waals surface area contributed by atoms with E-state index in [-0.39, 0.29) is 5.60 Å². The largest absolute Gasteiger partial charge is 0.477 e. The third-order valence-corrected chi connectivity index (χ3v) is 2.62. The molecule has 0 N–H and O–H groups in total. The average Bonchev–Trinajstić information content (AvgIpc) is 2.29. The van der Waals surface area contributed by atoms with E-state index in [0.717, 1.165) is 12.1 Å². The Morgan fingerprint density at radius 2 is 2.12 bits per heavy atom. The Kier molecular flexibility index (Phi) is 4.47. The first-order valence-electron chi connectivity index (χ1n) is 5.54. The Balaban J connectivity index is 2.64. The lowest BCUT2D eigenvalue weighted by Gasteiger charge is -2.22. The SMILES string of the molecule is COC(C)(C)CCOc1nc(C)ccc1C#N. The van der Waals surface area contributed by atoms with Gasteiger partial charge >= 0.3 is 0 Å². The number of rotatable bonds is 5. The molecule has 0 spiro atoms. The van der Waals surface area contributed by atoms with E-state index in [2.05, 4.69) is 11.1 Å². The predicted molar refractivity (Wildman–Crippen MR) is 64.9 cm³/mol. The number of pyridine rings is 1. The molecule has 0 atom stereocenters. The second-order valence-corrected chi connectivity index (χ2v) is 4.48. The highest BCUT2D eigenvalue weighted by atomic mass is 16.5. The Hall–Kier alpha value is -1.60. The van der Waals surface area contributed by atoms with E-state index < -0.39 is 0 Å². The summed E-state index contributed by atoms with van der Waals surface area (Å²) in [5.74, 6) is 0.402. The highest BCUT2D eigenvalue weighted by Crippen LogP contribution is 2.17. The molecule has 4 nitrogen and oxygen atoms in total. The molecule has 0 bridgehead atoms. The minimum atomic E-state index is -0.226. The summed E-state index contributed by atoms with van der Waals surface area (Å²) in [6.07, 6.45) is 0.740.